The van der Waals surface area contributed by atoms with E-state index in [0.29, 0.717) is 24.3 Å². The normalized spacial score (nSPS) is 13.3. The SMILES string of the molecule is O=C(O)c1ccc2ccccc2c1C(=O)Nc1n[nH]c2c1CN(Cc1ccccc1)C2. The van der Waals surface area contributed by atoms with Gasteiger partial charge in [-0.25, -0.2) is 4.79 Å². The van der Waals surface area contributed by atoms with Crippen LogP contribution in [0.25, 0.3) is 10.8 Å². The molecule has 0 atom stereocenters. The van der Waals surface area contributed by atoms with E-state index in [-0.39, 0.29) is 11.1 Å². The van der Waals surface area contributed by atoms with Gasteiger partial charge in [-0.3, -0.25) is 14.8 Å². The Hall–Kier alpha value is -3.97. The molecule has 2 heterocycles. The zero-order chi connectivity index (χ0) is 21.4. The number of carbonyl (C=O) groups excluding carboxylic acids is 1. The van der Waals surface area contributed by atoms with Gasteiger partial charge in [-0.15, -0.1) is 0 Å². The van der Waals surface area contributed by atoms with Crippen molar-refractivity contribution < 1.29 is 14.7 Å². The number of amides is 1. The highest BCUT2D eigenvalue weighted by molar-refractivity contribution is 6.18. The maximum absolute atomic E-state index is 13.2. The summed E-state index contributed by atoms with van der Waals surface area (Å²) >= 11 is 0. The molecule has 1 aliphatic rings. The van der Waals surface area contributed by atoms with Crippen LogP contribution in [0.4, 0.5) is 5.82 Å². The fourth-order valence-electron chi connectivity index (χ4n) is 4.13. The van der Waals surface area contributed by atoms with Crippen molar-refractivity contribution in [3.63, 3.8) is 0 Å². The van der Waals surface area contributed by atoms with Crippen LogP contribution in [-0.2, 0) is 19.6 Å². The molecule has 5 rings (SSSR count). The molecule has 1 aliphatic heterocycles. The van der Waals surface area contributed by atoms with Crippen molar-refractivity contribution >= 4 is 28.5 Å². The Morgan fingerprint density at radius 1 is 1.00 bits per heavy atom. The number of hydrogen-bond donors (Lipinski definition) is 3. The quantitative estimate of drug-likeness (QED) is 0.460. The van der Waals surface area contributed by atoms with Gasteiger partial charge in [-0.1, -0.05) is 60.7 Å². The second kappa shape index (κ2) is 7.70. The Morgan fingerprint density at radius 3 is 2.58 bits per heavy atom. The monoisotopic (exact) mass is 412 g/mol. The van der Waals surface area contributed by atoms with Crippen LogP contribution in [0.2, 0.25) is 0 Å². The summed E-state index contributed by atoms with van der Waals surface area (Å²) in [7, 11) is 0. The van der Waals surface area contributed by atoms with Gasteiger partial charge in [-0.2, -0.15) is 5.10 Å². The predicted molar refractivity (Wildman–Crippen MR) is 117 cm³/mol. The average Bonchev–Trinajstić information content (AvgIpc) is 3.34. The van der Waals surface area contributed by atoms with Crippen molar-refractivity contribution in [2.24, 2.45) is 0 Å². The number of aromatic nitrogens is 2. The number of nitrogens with zero attached hydrogens (tertiary/aromatic N) is 2. The van der Waals surface area contributed by atoms with Gasteiger partial charge in [0.05, 0.1) is 16.8 Å². The molecule has 3 N–H and O–H groups in total. The van der Waals surface area contributed by atoms with Gasteiger partial charge in [0.2, 0.25) is 0 Å². The number of nitrogens with one attached hydrogen (secondary N) is 2. The molecule has 3 aromatic carbocycles. The average molecular weight is 412 g/mol. The van der Waals surface area contributed by atoms with E-state index in [0.717, 1.165) is 23.2 Å². The molecule has 1 amide bonds. The maximum atomic E-state index is 13.2. The molecule has 0 aliphatic carbocycles. The lowest BCUT2D eigenvalue weighted by atomic mass is 9.98. The van der Waals surface area contributed by atoms with E-state index in [4.69, 9.17) is 0 Å². The molecule has 7 nitrogen and oxygen atoms in total. The van der Waals surface area contributed by atoms with Gasteiger partial charge < -0.3 is 10.4 Å². The van der Waals surface area contributed by atoms with Gasteiger partial charge >= 0.3 is 5.97 Å². The Morgan fingerprint density at radius 2 is 1.77 bits per heavy atom. The summed E-state index contributed by atoms with van der Waals surface area (Å²) in [6.45, 7) is 2.16. The van der Waals surface area contributed by atoms with Crippen molar-refractivity contribution in [2.75, 3.05) is 5.32 Å². The van der Waals surface area contributed by atoms with Crippen LogP contribution in [0.1, 0.15) is 37.5 Å². The molecule has 1 aromatic heterocycles. The first-order valence-electron chi connectivity index (χ1n) is 9.99. The van der Waals surface area contributed by atoms with E-state index in [1.807, 2.05) is 30.3 Å². The minimum absolute atomic E-state index is 0.0333. The van der Waals surface area contributed by atoms with E-state index in [1.54, 1.807) is 18.2 Å². The third-order valence-electron chi connectivity index (χ3n) is 5.58. The first kappa shape index (κ1) is 19.0. The first-order valence-corrected chi connectivity index (χ1v) is 9.99. The molecule has 0 radical (unpaired) electrons. The van der Waals surface area contributed by atoms with Crippen LogP contribution < -0.4 is 5.32 Å². The zero-order valence-corrected chi connectivity index (χ0v) is 16.6. The lowest BCUT2D eigenvalue weighted by Gasteiger charge is -2.15. The van der Waals surface area contributed by atoms with Crippen LogP contribution in [-0.4, -0.2) is 32.1 Å². The van der Waals surface area contributed by atoms with Crippen molar-refractivity contribution in [3.8, 4) is 0 Å². The molecule has 0 spiro atoms. The number of hydrogen-bond acceptors (Lipinski definition) is 4. The molecule has 4 aromatic rings. The van der Waals surface area contributed by atoms with Gasteiger partial charge in [0.15, 0.2) is 5.82 Å². The first-order chi connectivity index (χ1) is 15.1. The zero-order valence-electron chi connectivity index (χ0n) is 16.6. The van der Waals surface area contributed by atoms with Gasteiger partial charge in [0.1, 0.15) is 0 Å². The lowest BCUT2D eigenvalue weighted by molar-refractivity contribution is 0.0693. The molecule has 154 valence electrons. The van der Waals surface area contributed by atoms with E-state index < -0.39 is 11.9 Å². The number of fused-ring (bicyclic) bond motifs is 2. The second-order valence-electron chi connectivity index (χ2n) is 7.63. The predicted octanol–water partition coefficient (Wildman–Crippen LogP) is 4.03. The summed E-state index contributed by atoms with van der Waals surface area (Å²) in [6.07, 6.45) is 0. The van der Waals surface area contributed by atoms with Crippen molar-refractivity contribution in [2.45, 2.75) is 19.6 Å². The number of H-pyrrole nitrogens is 1. The number of benzene rings is 3. The van der Waals surface area contributed by atoms with Crippen LogP contribution in [0.5, 0.6) is 0 Å². The topological polar surface area (TPSA) is 98.3 Å². The minimum Gasteiger partial charge on any atom is -0.478 e. The lowest BCUT2D eigenvalue weighted by Crippen LogP contribution is -2.19. The Bertz CT molecular complexity index is 1300. The number of aromatic amines is 1. The molecule has 31 heavy (non-hydrogen) atoms. The molecule has 0 fully saturated rings. The van der Waals surface area contributed by atoms with Crippen LogP contribution in [0.15, 0.2) is 66.7 Å². The third-order valence-corrected chi connectivity index (χ3v) is 5.58. The van der Waals surface area contributed by atoms with E-state index in [9.17, 15) is 14.7 Å². The fraction of sp³-hybridized carbons (Fsp3) is 0.125. The van der Waals surface area contributed by atoms with Crippen molar-refractivity contribution in [1.82, 2.24) is 15.1 Å². The van der Waals surface area contributed by atoms with Crippen molar-refractivity contribution in [3.05, 3.63) is 94.7 Å². The number of rotatable bonds is 5. The summed E-state index contributed by atoms with van der Waals surface area (Å²) in [5.74, 6) is -1.18. The standard InChI is InChI=1S/C24H20N4O3/c29-23(21-17-9-5-4-8-16(17)10-11-18(21)24(30)31)25-22-19-13-28(14-20(19)26-27-22)12-15-6-2-1-3-7-15/h1-11H,12-14H2,(H,30,31)(H2,25,26,27,29). The molecule has 0 saturated carbocycles. The Labute approximate surface area is 178 Å². The Balaban J connectivity index is 1.42. The van der Waals surface area contributed by atoms with E-state index in [1.165, 1.54) is 11.6 Å². The largest absolute Gasteiger partial charge is 0.478 e. The molecule has 0 saturated heterocycles. The van der Waals surface area contributed by atoms with Crippen LogP contribution >= 0.6 is 0 Å². The third kappa shape index (κ3) is 3.55. The maximum Gasteiger partial charge on any atom is 0.336 e. The van der Waals surface area contributed by atoms with Gasteiger partial charge in [0.25, 0.3) is 5.91 Å². The van der Waals surface area contributed by atoms with E-state index >= 15 is 0 Å². The van der Waals surface area contributed by atoms with Crippen LogP contribution in [0.3, 0.4) is 0 Å². The number of carbonyl (C=O) groups is 2. The summed E-state index contributed by atoms with van der Waals surface area (Å²) in [5.41, 5.74) is 3.22. The fourth-order valence-corrected chi connectivity index (χ4v) is 4.13. The summed E-state index contributed by atoms with van der Waals surface area (Å²) < 4.78 is 0. The van der Waals surface area contributed by atoms with Crippen LogP contribution in [0, 0.1) is 0 Å². The molecule has 0 unspecified atom stereocenters. The molecule has 7 heteroatoms. The van der Waals surface area contributed by atoms with Gasteiger partial charge in [0, 0.05) is 25.2 Å². The minimum atomic E-state index is -1.14. The molecular weight excluding hydrogens is 392 g/mol. The van der Waals surface area contributed by atoms with E-state index in [2.05, 4.69) is 32.5 Å². The highest BCUT2D eigenvalue weighted by Crippen LogP contribution is 2.30. The molecular formula is C24H20N4O3. The highest BCUT2D eigenvalue weighted by Gasteiger charge is 2.27. The Kier molecular flexibility index (Phi) is 4.72. The van der Waals surface area contributed by atoms with Gasteiger partial charge in [-0.05, 0) is 22.4 Å². The number of carboxylic acid groups (broad SMARTS) is 1. The van der Waals surface area contributed by atoms with Crippen molar-refractivity contribution in [1.29, 1.82) is 0 Å². The summed E-state index contributed by atoms with van der Waals surface area (Å²) in [6, 6.07) is 20.6. The second-order valence-corrected chi connectivity index (χ2v) is 7.63. The summed E-state index contributed by atoms with van der Waals surface area (Å²) in [4.78, 5) is 27.2. The number of carboxylic acids is 1. The summed E-state index contributed by atoms with van der Waals surface area (Å²) in [5, 5.41) is 21.1. The number of aromatic carboxylic acids is 1. The number of anilines is 1. The highest BCUT2D eigenvalue weighted by atomic mass is 16.4. The smallest absolute Gasteiger partial charge is 0.336 e. The molecule has 0 bridgehead atoms.